The fourth-order valence-corrected chi connectivity index (χ4v) is 5.13. The van der Waals surface area contributed by atoms with Gasteiger partial charge in [-0.05, 0) is 59.9 Å². The van der Waals surface area contributed by atoms with Gasteiger partial charge in [0.25, 0.3) is 0 Å². The summed E-state index contributed by atoms with van der Waals surface area (Å²) >= 11 is 0. The molecule has 4 aromatic rings. The summed E-state index contributed by atoms with van der Waals surface area (Å²) < 4.78 is 16.1. The third kappa shape index (κ3) is 4.56. The van der Waals surface area contributed by atoms with E-state index in [9.17, 15) is 5.11 Å². The Labute approximate surface area is 222 Å². The lowest BCUT2D eigenvalue weighted by molar-refractivity contribution is 0.145. The first kappa shape index (κ1) is 25.9. The molecule has 2 bridgehead atoms. The monoisotopic (exact) mass is 520 g/mol. The van der Waals surface area contributed by atoms with Crippen molar-refractivity contribution in [2.24, 2.45) is 7.05 Å². The van der Waals surface area contributed by atoms with Crippen molar-refractivity contribution in [1.29, 1.82) is 0 Å². The maximum Gasteiger partial charge on any atom is 0.240 e. The molecule has 0 aliphatic carbocycles. The Kier molecular flexibility index (Phi) is 6.97. The number of hydrogen-bond acceptors (Lipinski definition) is 8. The summed E-state index contributed by atoms with van der Waals surface area (Å²) in [4.78, 5) is 7.07. The number of likely N-dealkylation sites (N-methyl/N-ethyl adjacent to an activating group) is 1. The van der Waals surface area contributed by atoms with Crippen molar-refractivity contribution in [2.75, 3.05) is 26.8 Å². The van der Waals surface area contributed by atoms with E-state index in [2.05, 4.69) is 34.2 Å². The summed E-state index contributed by atoms with van der Waals surface area (Å²) in [5.41, 5.74) is 6.84. The molecule has 202 valence electrons. The predicted molar refractivity (Wildman–Crippen MR) is 146 cm³/mol. The zero-order valence-electron chi connectivity index (χ0n) is 23.1. The molecule has 2 N–H and O–H groups in total. The van der Waals surface area contributed by atoms with Crippen LogP contribution in [0.1, 0.15) is 55.2 Å². The minimum Gasteiger partial charge on any atom is -0.476 e. The van der Waals surface area contributed by atoms with Gasteiger partial charge in [0.15, 0.2) is 0 Å². The second-order valence-electron chi connectivity index (χ2n) is 10.0. The molecule has 0 saturated carbocycles. The van der Waals surface area contributed by atoms with Crippen LogP contribution < -0.4 is 9.47 Å². The molecule has 11 nitrogen and oxygen atoms in total. The van der Waals surface area contributed by atoms with Crippen molar-refractivity contribution in [3.8, 4) is 23.0 Å². The topological polar surface area (TPSA) is 119 Å². The SMILES string of the molecule is CCOc1nn([C@@H](C)CO)c2c1/C=C/c1[nH]nc3c(C)nc(cc13)-c1c(C)nn(C)c1OC(C)CN(C)C2. The number of H-pyrrole nitrogens is 1. The van der Waals surface area contributed by atoms with E-state index in [0.717, 1.165) is 50.5 Å². The number of fused-ring (bicyclic) bond motifs is 4. The van der Waals surface area contributed by atoms with Crippen LogP contribution in [-0.2, 0) is 13.6 Å². The highest BCUT2D eigenvalue weighted by Gasteiger charge is 2.25. The van der Waals surface area contributed by atoms with E-state index < -0.39 is 0 Å². The number of aromatic amines is 1. The van der Waals surface area contributed by atoms with E-state index in [-0.39, 0.29) is 18.8 Å². The smallest absolute Gasteiger partial charge is 0.240 e. The molecule has 0 fully saturated rings. The molecule has 38 heavy (non-hydrogen) atoms. The predicted octanol–water partition coefficient (Wildman–Crippen LogP) is 3.51. The molecule has 0 spiro atoms. The molecular weight excluding hydrogens is 484 g/mol. The molecule has 0 saturated heterocycles. The molecule has 0 aromatic carbocycles. The van der Waals surface area contributed by atoms with Gasteiger partial charge in [-0.25, -0.2) is 4.68 Å². The van der Waals surface area contributed by atoms with Crippen LogP contribution in [0.3, 0.4) is 0 Å². The van der Waals surface area contributed by atoms with Gasteiger partial charge in [0, 0.05) is 25.5 Å². The van der Waals surface area contributed by atoms with Gasteiger partial charge >= 0.3 is 0 Å². The Hall–Kier alpha value is -3.70. The van der Waals surface area contributed by atoms with E-state index in [1.165, 1.54) is 0 Å². The second kappa shape index (κ2) is 10.2. The van der Waals surface area contributed by atoms with E-state index in [4.69, 9.17) is 19.6 Å². The molecule has 1 aliphatic rings. The summed E-state index contributed by atoms with van der Waals surface area (Å²) in [7, 11) is 3.94. The van der Waals surface area contributed by atoms with Gasteiger partial charge in [-0.2, -0.15) is 10.2 Å². The lowest BCUT2D eigenvalue weighted by Crippen LogP contribution is -2.32. The first-order chi connectivity index (χ1) is 18.2. The van der Waals surface area contributed by atoms with Crippen LogP contribution >= 0.6 is 0 Å². The molecule has 2 atom stereocenters. The number of aryl methyl sites for hydroxylation is 3. The van der Waals surface area contributed by atoms with E-state index >= 15 is 0 Å². The maximum atomic E-state index is 9.96. The third-order valence-corrected chi connectivity index (χ3v) is 6.87. The van der Waals surface area contributed by atoms with Gasteiger partial charge in [0.1, 0.15) is 11.6 Å². The van der Waals surface area contributed by atoms with E-state index in [0.29, 0.717) is 31.5 Å². The summed E-state index contributed by atoms with van der Waals surface area (Å²) in [6.07, 6.45) is 3.89. The zero-order valence-corrected chi connectivity index (χ0v) is 23.1. The van der Waals surface area contributed by atoms with Crippen molar-refractivity contribution in [3.63, 3.8) is 0 Å². The lowest BCUT2D eigenvalue weighted by atomic mass is 10.1. The average molecular weight is 521 g/mol. The molecule has 1 unspecified atom stereocenters. The quantitative estimate of drug-likeness (QED) is 0.420. The van der Waals surface area contributed by atoms with E-state index in [1.807, 2.05) is 57.6 Å². The van der Waals surface area contributed by atoms with E-state index in [1.54, 1.807) is 4.68 Å². The number of nitrogens with one attached hydrogen (secondary N) is 1. The molecular formula is C27H36N8O3. The fraction of sp³-hybridized carbons (Fsp3) is 0.481. The van der Waals surface area contributed by atoms with Crippen molar-refractivity contribution >= 4 is 23.1 Å². The summed E-state index contributed by atoms with van der Waals surface area (Å²) in [6.45, 7) is 11.6. The zero-order chi connectivity index (χ0) is 27.1. The molecule has 0 radical (unpaired) electrons. The first-order valence-corrected chi connectivity index (χ1v) is 13.0. The van der Waals surface area contributed by atoms with Crippen LogP contribution in [0.2, 0.25) is 0 Å². The molecule has 1 aliphatic heterocycles. The Balaban J connectivity index is 1.75. The van der Waals surface area contributed by atoms with Crippen LogP contribution in [0.25, 0.3) is 34.3 Å². The van der Waals surface area contributed by atoms with Crippen LogP contribution in [0, 0.1) is 13.8 Å². The Morgan fingerprint density at radius 1 is 1.21 bits per heavy atom. The largest absolute Gasteiger partial charge is 0.476 e. The van der Waals surface area contributed by atoms with Crippen molar-refractivity contribution in [1.82, 2.24) is 39.6 Å². The minimum atomic E-state index is -0.209. The Bertz CT molecular complexity index is 1500. The average Bonchev–Trinajstić information content (AvgIpc) is 3.51. The number of aliphatic hydroxyl groups excluding tert-OH is 1. The van der Waals surface area contributed by atoms with Gasteiger partial charge in [-0.1, -0.05) is 0 Å². The molecule has 11 heteroatoms. The maximum absolute atomic E-state index is 9.96. The summed E-state index contributed by atoms with van der Waals surface area (Å²) in [6, 6.07) is 1.83. The number of aliphatic hydroxyl groups is 1. The number of nitrogens with zero attached hydrogens (tertiary/aromatic N) is 7. The van der Waals surface area contributed by atoms with Crippen molar-refractivity contribution in [3.05, 3.63) is 34.4 Å². The standard InChI is InChI=1S/C27H36N8O3/c1-8-37-26-19-9-10-21-20-11-22(28-18(5)25(20)30-29-21)24-17(4)31-34(7)27(24)38-16(3)12-33(6)13-23(19)35(32-26)15(2)14-36/h9-11,15-16,36H,8,12-14H2,1-7H3,(H,29,30)/b10-9+/t15-,16?/m0/s1. The molecule has 5 heterocycles. The number of hydrogen-bond donors (Lipinski definition) is 2. The Morgan fingerprint density at radius 3 is 2.74 bits per heavy atom. The number of rotatable bonds is 4. The highest BCUT2D eigenvalue weighted by molar-refractivity contribution is 5.93. The first-order valence-electron chi connectivity index (χ1n) is 13.0. The van der Waals surface area contributed by atoms with Crippen LogP contribution in [0.4, 0.5) is 0 Å². The highest BCUT2D eigenvalue weighted by atomic mass is 16.5. The minimum absolute atomic E-state index is 0.0323. The van der Waals surface area contributed by atoms with Crippen molar-refractivity contribution in [2.45, 2.75) is 53.3 Å². The van der Waals surface area contributed by atoms with Gasteiger partial charge < -0.3 is 14.6 Å². The van der Waals surface area contributed by atoms with Gasteiger partial charge in [-0.3, -0.25) is 19.7 Å². The van der Waals surface area contributed by atoms with Gasteiger partial charge in [0.05, 0.1) is 58.9 Å². The fourth-order valence-electron chi connectivity index (χ4n) is 5.13. The molecule has 0 amide bonds. The number of pyridine rings is 1. The number of ether oxygens (including phenoxy) is 2. The van der Waals surface area contributed by atoms with Gasteiger partial charge in [-0.15, -0.1) is 5.10 Å². The highest BCUT2D eigenvalue weighted by Crippen LogP contribution is 2.36. The third-order valence-electron chi connectivity index (χ3n) is 6.87. The Morgan fingerprint density at radius 2 is 2.00 bits per heavy atom. The van der Waals surface area contributed by atoms with Crippen LogP contribution in [0.5, 0.6) is 11.8 Å². The van der Waals surface area contributed by atoms with Crippen LogP contribution in [-0.4, -0.2) is 77.7 Å². The number of aromatic nitrogens is 7. The normalized spacial score (nSPS) is 17.9. The molecule has 4 aromatic heterocycles. The van der Waals surface area contributed by atoms with Gasteiger partial charge in [0.2, 0.25) is 11.8 Å². The lowest BCUT2D eigenvalue weighted by Gasteiger charge is -2.24. The van der Waals surface area contributed by atoms with Crippen molar-refractivity contribution < 1.29 is 14.6 Å². The molecule has 5 rings (SSSR count). The van der Waals surface area contributed by atoms with Crippen LogP contribution in [0.15, 0.2) is 6.07 Å². The summed E-state index contributed by atoms with van der Waals surface area (Å²) in [5, 5.41) is 28.0. The second-order valence-corrected chi connectivity index (χ2v) is 10.0. The summed E-state index contributed by atoms with van der Waals surface area (Å²) in [5.74, 6) is 1.22.